The lowest BCUT2D eigenvalue weighted by molar-refractivity contribution is -0.397. The number of nitrogens with zero attached hydrogens (tertiary/aromatic N) is 4. The van der Waals surface area contributed by atoms with Crippen LogP contribution in [0.4, 0.5) is 11.6 Å². The molecule has 1 unspecified atom stereocenters. The predicted molar refractivity (Wildman–Crippen MR) is 49.0 cm³/mol. The Kier molecular flexibility index (Phi) is 3.04. The van der Waals surface area contributed by atoms with E-state index in [-0.39, 0.29) is 0 Å². The predicted octanol–water partition coefficient (Wildman–Crippen LogP) is 0.219. The Morgan fingerprint density at radius 3 is 2.31 bits per heavy atom. The first-order chi connectivity index (χ1) is 7.40. The Morgan fingerprint density at radius 2 is 2.00 bits per heavy atom. The van der Waals surface area contributed by atoms with Gasteiger partial charge in [-0.3, -0.25) is 0 Å². The molecule has 0 spiro atoms. The van der Waals surface area contributed by atoms with Gasteiger partial charge in [-0.2, -0.15) is 0 Å². The molecule has 1 heterocycles. The molecule has 16 heavy (non-hydrogen) atoms. The first-order valence-electron chi connectivity index (χ1n) is 4.03. The summed E-state index contributed by atoms with van der Waals surface area (Å²) >= 11 is 0. The number of hydrogen-bond acceptors (Lipinski definition) is 7. The highest BCUT2D eigenvalue weighted by Crippen LogP contribution is 2.37. The molecule has 1 aromatic heterocycles. The number of hydrogen-bond donors (Lipinski definition) is 1. The van der Waals surface area contributed by atoms with E-state index < -0.39 is 33.5 Å². The Hall–Kier alpha value is -2.23. The Labute approximate surface area is 88.3 Å². The number of ether oxygens (including phenoxy) is 1. The summed E-state index contributed by atoms with van der Waals surface area (Å²) in [4.78, 5) is 19.4. The summed E-state index contributed by atoms with van der Waals surface area (Å²) in [6.07, 6.45) is -1.37. The summed E-state index contributed by atoms with van der Waals surface area (Å²) in [5.74, 6) is -2.16. The average molecular weight is 232 g/mol. The smallest absolute Gasteiger partial charge is 0.462 e. The number of rotatable bonds is 4. The van der Waals surface area contributed by atoms with Gasteiger partial charge in [-0.15, -0.1) is 0 Å². The fraction of sp³-hybridized carbons (Fsp3) is 0.500. The minimum Gasteiger partial charge on any atom is -0.483 e. The minimum atomic E-state index is -1.37. The second-order valence-corrected chi connectivity index (χ2v) is 2.77. The van der Waals surface area contributed by atoms with Crippen LogP contribution in [0.1, 0.15) is 13.2 Å². The standard InChI is InChI=1S/C6H8N4O6/c1-3(11)8-6(10(14)15)4(16-2)5(7-8)9(12)13/h3,11H,1-2H3. The molecule has 88 valence electrons. The topological polar surface area (TPSA) is 134 Å². The SMILES string of the molecule is COc1c([N+](=O)[O-])nn(C(C)O)c1[N+](=O)[O-]. The van der Waals surface area contributed by atoms with Gasteiger partial charge < -0.3 is 30.1 Å². The summed E-state index contributed by atoms with van der Waals surface area (Å²) in [5, 5.41) is 33.7. The number of aliphatic hydroxyl groups excluding tert-OH is 1. The van der Waals surface area contributed by atoms with Crippen molar-refractivity contribution in [1.82, 2.24) is 9.78 Å². The summed E-state index contributed by atoms with van der Waals surface area (Å²) in [5.41, 5.74) is 0. The monoisotopic (exact) mass is 232 g/mol. The molecule has 10 nitrogen and oxygen atoms in total. The Bertz CT molecular complexity index is 438. The number of methoxy groups -OCH3 is 1. The Balaban J connectivity index is 3.52. The lowest BCUT2D eigenvalue weighted by Gasteiger charge is -1.98. The number of aromatic nitrogens is 2. The van der Waals surface area contributed by atoms with Crippen molar-refractivity contribution < 1.29 is 19.7 Å². The van der Waals surface area contributed by atoms with Crippen molar-refractivity contribution in [3.63, 3.8) is 0 Å². The van der Waals surface area contributed by atoms with Gasteiger partial charge in [-0.1, -0.05) is 0 Å². The maximum atomic E-state index is 10.7. The molecule has 1 N–H and O–H groups in total. The van der Waals surface area contributed by atoms with E-state index in [0.29, 0.717) is 4.68 Å². The van der Waals surface area contributed by atoms with E-state index in [1.54, 1.807) is 0 Å². The van der Waals surface area contributed by atoms with E-state index in [0.717, 1.165) is 7.11 Å². The summed E-state index contributed by atoms with van der Waals surface area (Å²) < 4.78 is 5.06. The van der Waals surface area contributed by atoms with Crippen molar-refractivity contribution in [3.05, 3.63) is 20.2 Å². The van der Waals surface area contributed by atoms with Gasteiger partial charge in [-0.05, 0) is 14.5 Å². The average Bonchev–Trinajstić information content (AvgIpc) is 2.56. The molecule has 0 aromatic carbocycles. The molecule has 1 rings (SSSR count). The van der Waals surface area contributed by atoms with E-state index in [2.05, 4.69) is 9.84 Å². The molecule has 1 atom stereocenters. The van der Waals surface area contributed by atoms with Crippen molar-refractivity contribution in [1.29, 1.82) is 0 Å². The van der Waals surface area contributed by atoms with Crippen LogP contribution in [-0.2, 0) is 0 Å². The molecule has 0 saturated carbocycles. The summed E-state index contributed by atoms with van der Waals surface area (Å²) in [6, 6.07) is 0. The molecule has 0 fully saturated rings. The minimum absolute atomic E-state index is 0.511. The fourth-order valence-electron chi connectivity index (χ4n) is 1.13. The van der Waals surface area contributed by atoms with Gasteiger partial charge in [-0.25, -0.2) is 0 Å². The lowest BCUT2D eigenvalue weighted by atomic mass is 10.5. The van der Waals surface area contributed by atoms with Gasteiger partial charge in [0.05, 0.1) is 7.11 Å². The van der Waals surface area contributed by atoms with Gasteiger partial charge in [0.1, 0.15) is 0 Å². The maximum absolute atomic E-state index is 10.7. The highest BCUT2D eigenvalue weighted by atomic mass is 16.6. The van der Waals surface area contributed by atoms with Crippen molar-refractivity contribution >= 4 is 11.6 Å². The van der Waals surface area contributed by atoms with Gasteiger partial charge in [0.2, 0.25) is 6.23 Å². The maximum Gasteiger partial charge on any atom is 0.462 e. The van der Waals surface area contributed by atoms with E-state index in [1.807, 2.05) is 0 Å². The van der Waals surface area contributed by atoms with Crippen LogP contribution < -0.4 is 4.74 Å². The van der Waals surface area contributed by atoms with Crippen LogP contribution in [0.2, 0.25) is 0 Å². The Morgan fingerprint density at radius 1 is 1.44 bits per heavy atom. The summed E-state index contributed by atoms with van der Waals surface area (Å²) in [6.45, 7) is 1.18. The molecule has 0 aliphatic heterocycles. The van der Waals surface area contributed by atoms with Crippen LogP contribution >= 0.6 is 0 Å². The summed E-state index contributed by atoms with van der Waals surface area (Å²) in [7, 11) is 1.05. The molecule has 0 aliphatic rings. The van der Waals surface area contributed by atoms with Gasteiger partial charge in [0, 0.05) is 6.92 Å². The lowest BCUT2D eigenvalue weighted by Crippen LogP contribution is -2.09. The zero-order valence-electron chi connectivity index (χ0n) is 8.35. The molecular formula is C6H8N4O6. The first-order valence-corrected chi connectivity index (χ1v) is 4.03. The normalized spacial score (nSPS) is 12.2. The third-order valence-electron chi connectivity index (χ3n) is 1.73. The molecule has 0 bridgehead atoms. The van der Waals surface area contributed by atoms with Gasteiger partial charge >= 0.3 is 17.4 Å². The van der Waals surface area contributed by atoms with E-state index >= 15 is 0 Å². The van der Waals surface area contributed by atoms with Crippen LogP contribution in [0, 0.1) is 20.2 Å². The van der Waals surface area contributed by atoms with E-state index in [9.17, 15) is 25.3 Å². The van der Waals surface area contributed by atoms with Crippen LogP contribution in [-0.4, -0.2) is 31.8 Å². The largest absolute Gasteiger partial charge is 0.483 e. The van der Waals surface area contributed by atoms with Crippen LogP contribution in [0.15, 0.2) is 0 Å². The first kappa shape index (κ1) is 11.8. The number of nitro groups is 2. The quantitative estimate of drug-likeness (QED) is 0.579. The second kappa shape index (κ2) is 4.10. The fourth-order valence-corrected chi connectivity index (χ4v) is 1.13. The van der Waals surface area contributed by atoms with E-state index in [4.69, 9.17) is 0 Å². The van der Waals surface area contributed by atoms with Gasteiger partial charge in [0.25, 0.3) is 0 Å². The van der Waals surface area contributed by atoms with Crippen molar-refractivity contribution in [2.75, 3.05) is 7.11 Å². The molecule has 0 radical (unpaired) electrons. The molecule has 0 aliphatic carbocycles. The third-order valence-corrected chi connectivity index (χ3v) is 1.73. The van der Waals surface area contributed by atoms with Crippen molar-refractivity contribution in [2.45, 2.75) is 13.2 Å². The second-order valence-electron chi connectivity index (χ2n) is 2.77. The van der Waals surface area contributed by atoms with Crippen molar-refractivity contribution in [3.8, 4) is 5.75 Å². The van der Waals surface area contributed by atoms with Crippen LogP contribution in [0.5, 0.6) is 5.75 Å². The van der Waals surface area contributed by atoms with Crippen LogP contribution in [0.3, 0.4) is 0 Å². The van der Waals surface area contributed by atoms with E-state index in [1.165, 1.54) is 6.92 Å². The molecular weight excluding hydrogens is 224 g/mol. The molecule has 10 heteroatoms. The molecule has 0 saturated heterocycles. The third kappa shape index (κ3) is 1.77. The van der Waals surface area contributed by atoms with Crippen LogP contribution in [0.25, 0.3) is 0 Å². The molecule has 0 amide bonds. The zero-order chi connectivity index (χ0) is 12.5. The highest BCUT2D eigenvalue weighted by molar-refractivity contribution is 5.52. The van der Waals surface area contributed by atoms with Crippen molar-refractivity contribution in [2.24, 2.45) is 0 Å². The zero-order valence-corrected chi connectivity index (χ0v) is 8.35. The van der Waals surface area contributed by atoms with Gasteiger partial charge in [0.15, 0.2) is 5.10 Å². The number of aliphatic hydroxyl groups is 1. The highest BCUT2D eigenvalue weighted by Gasteiger charge is 2.40. The molecule has 1 aromatic rings.